The second-order valence-electron chi connectivity index (χ2n) is 3.64. The Kier molecular flexibility index (Phi) is 3.54. The largest absolute Gasteiger partial charge is 0.336 e. The fourth-order valence-corrected chi connectivity index (χ4v) is 1.49. The van der Waals surface area contributed by atoms with Crippen molar-refractivity contribution < 1.29 is 22.4 Å². The number of likely N-dealkylation sites (tertiary alicyclic amines) is 1. The second-order valence-corrected chi connectivity index (χ2v) is 3.64. The lowest BCUT2D eigenvalue weighted by Gasteiger charge is -2.23. The van der Waals surface area contributed by atoms with Gasteiger partial charge in [0.2, 0.25) is 5.91 Å². The Balaban J connectivity index is 2.56. The van der Waals surface area contributed by atoms with Crippen LogP contribution in [0, 0.1) is 5.92 Å². The molecule has 1 saturated heterocycles. The summed E-state index contributed by atoms with van der Waals surface area (Å²) in [5, 5.41) is 0. The number of alkyl halides is 4. The standard InChI is InChI=1S/C8H12F4N2O/c9-7(10)8(11,12)4-14-3-5(2-13)1-6(14)15/h5,7H,1-4,13H2. The van der Waals surface area contributed by atoms with Crippen LogP contribution in [0.1, 0.15) is 6.42 Å². The monoisotopic (exact) mass is 228 g/mol. The van der Waals surface area contributed by atoms with Gasteiger partial charge in [0.05, 0.1) is 6.54 Å². The molecule has 1 heterocycles. The van der Waals surface area contributed by atoms with Crippen LogP contribution in [0.4, 0.5) is 17.6 Å². The Morgan fingerprint density at radius 2 is 2.13 bits per heavy atom. The molecular formula is C8H12F4N2O. The first kappa shape index (κ1) is 12.2. The summed E-state index contributed by atoms with van der Waals surface area (Å²) >= 11 is 0. The molecule has 0 saturated carbocycles. The molecule has 1 aliphatic heterocycles. The minimum absolute atomic E-state index is 0.0393. The third-order valence-electron chi connectivity index (χ3n) is 2.35. The van der Waals surface area contributed by atoms with Crippen molar-refractivity contribution in [1.82, 2.24) is 4.90 Å². The van der Waals surface area contributed by atoms with Gasteiger partial charge in [-0.15, -0.1) is 0 Å². The van der Waals surface area contributed by atoms with Crippen LogP contribution in [0.2, 0.25) is 0 Å². The molecule has 88 valence electrons. The topological polar surface area (TPSA) is 46.3 Å². The highest BCUT2D eigenvalue weighted by Gasteiger charge is 2.45. The van der Waals surface area contributed by atoms with Crippen molar-refractivity contribution in [2.24, 2.45) is 11.7 Å². The molecule has 0 aromatic carbocycles. The average molecular weight is 228 g/mol. The van der Waals surface area contributed by atoms with Gasteiger partial charge in [0.25, 0.3) is 0 Å². The summed E-state index contributed by atoms with van der Waals surface area (Å²) in [5.41, 5.74) is 5.27. The fourth-order valence-electron chi connectivity index (χ4n) is 1.49. The Bertz CT molecular complexity index is 247. The molecule has 0 bridgehead atoms. The van der Waals surface area contributed by atoms with Gasteiger partial charge >= 0.3 is 12.3 Å². The van der Waals surface area contributed by atoms with E-state index in [2.05, 4.69) is 0 Å². The molecule has 7 heteroatoms. The molecule has 1 unspecified atom stereocenters. The molecular weight excluding hydrogens is 216 g/mol. The number of carbonyl (C=O) groups excluding carboxylic acids is 1. The zero-order valence-electron chi connectivity index (χ0n) is 7.93. The summed E-state index contributed by atoms with van der Waals surface area (Å²) in [7, 11) is 0. The van der Waals surface area contributed by atoms with Crippen LogP contribution in [0.15, 0.2) is 0 Å². The highest BCUT2D eigenvalue weighted by atomic mass is 19.3. The third-order valence-corrected chi connectivity index (χ3v) is 2.35. The van der Waals surface area contributed by atoms with Gasteiger partial charge in [-0.3, -0.25) is 4.79 Å². The molecule has 0 aromatic heterocycles. The summed E-state index contributed by atoms with van der Waals surface area (Å²) in [6.45, 7) is -0.986. The maximum Gasteiger partial charge on any atom is 0.324 e. The lowest BCUT2D eigenvalue weighted by atomic mass is 10.1. The number of hydrogen-bond acceptors (Lipinski definition) is 2. The van der Waals surface area contributed by atoms with E-state index in [1.165, 1.54) is 0 Å². The van der Waals surface area contributed by atoms with Crippen molar-refractivity contribution >= 4 is 5.91 Å². The first-order chi connectivity index (χ1) is 6.86. The number of hydrogen-bond donors (Lipinski definition) is 1. The first-order valence-electron chi connectivity index (χ1n) is 4.50. The van der Waals surface area contributed by atoms with Gasteiger partial charge in [0.1, 0.15) is 0 Å². The predicted octanol–water partition coefficient (Wildman–Crippen LogP) is 0.694. The van der Waals surface area contributed by atoms with Gasteiger partial charge in [0.15, 0.2) is 0 Å². The van der Waals surface area contributed by atoms with Crippen molar-refractivity contribution in [1.29, 1.82) is 0 Å². The molecule has 1 aliphatic rings. The van der Waals surface area contributed by atoms with Gasteiger partial charge in [-0.2, -0.15) is 8.78 Å². The van der Waals surface area contributed by atoms with E-state index in [9.17, 15) is 22.4 Å². The van der Waals surface area contributed by atoms with Gasteiger partial charge in [0, 0.05) is 13.0 Å². The maximum absolute atomic E-state index is 12.6. The Morgan fingerprint density at radius 1 is 1.53 bits per heavy atom. The van der Waals surface area contributed by atoms with Crippen LogP contribution in [-0.4, -0.2) is 42.8 Å². The molecule has 1 atom stereocenters. The molecule has 1 fully saturated rings. The van der Waals surface area contributed by atoms with Crippen LogP contribution in [0.3, 0.4) is 0 Å². The minimum atomic E-state index is -4.14. The molecule has 0 spiro atoms. The molecule has 3 nitrogen and oxygen atoms in total. The van der Waals surface area contributed by atoms with Crippen molar-refractivity contribution in [2.75, 3.05) is 19.6 Å². The number of amides is 1. The van der Waals surface area contributed by atoms with E-state index in [-0.39, 0.29) is 25.4 Å². The highest BCUT2D eigenvalue weighted by Crippen LogP contribution is 2.27. The summed E-state index contributed by atoms with van der Waals surface area (Å²) < 4.78 is 49.0. The van der Waals surface area contributed by atoms with E-state index >= 15 is 0 Å². The Morgan fingerprint density at radius 3 is 2.53 bits per heavy atom. The molecule has 2 N–H and O–H groups in total. The van der Waals surface area contributed by atoms with Crippen LogP contribution >= 0.6 is 0 Å². The summed E-state index contributed by atoms with van der Waals surface area (Å²) in [6, 6.07) is 0. The second kappa shape index (κ2) is 4.34. The van der Waals surface area contributed by atoms with Crippen LogP contribution in [-0.2, 0) is 4.79 Å². The molecule has 1 amide bonds. The van der Waals surface area contributed by atoms with E-state index in [1.807, 2.05) is 0 Å². The fraction of sp³-hybridized carbons (Fsp3) is 0.875. The molecule has 0 radical (unpaired) electrons. The Hall–Kier alpha value is -0.850. The van der Waals surface area contributed by atoms with Gasteiger partial charge in [-0.1, -0.05) is 0 Å². The molecule has 1 rings (SSSR count). The molecule has 0 aromatic rings. The van der Waals surface area contributed by atoms with Crippen LogP contribution < -0.4 is 5.73 Å². The van der Waals surface area contributed by atoms with Crippen LogP contribution in [0.5, 0.6) is 0 Å². The third kappa shape index (κ3) is 2.80. The number of carbonyl (C=O) groups is 1. The van der Waals surface area contributed by atoms with Crippen LogP contribution in [0.25, 0.3) is 0 Å². The zero-order chi connectivity index (χ0) is 11.6. The highest BCUT2D eigenvalue weighted by molar-refractivity contribution is 5.78. The van der Waals surface area contributed by atoms with Crippen molar-refractivity contribution in [2.45, 2.75) is 18.8 Å². The van der Waals surface area contributed by atoms with Crippen molar-refractivity contribution in [3.05, 3.63) is 0 Å². The Labute approximate surface area is 84.2 Å². The summed E-state index contributed by atoms with van der Waals surface area (Å²) in [5.74, 6) is -4.88. The smallest absolute Gasteiger partial charge is 0.324 e. The summed E-state index contributed by atoms with van der Waals surface area (Å²) in [4.78, 5) is 11.9. The number of nitrogens with two attached hydrogens (primary N) is 1. The van der Waals surface area contributed by atoms with Gasteiger partial charge in [-0.25, -0.2) is 8.78 Å². The number of rotatable bonds is 4. The van der Waals surface area contributed by atoms with E-state index in [0.717, 1.165) is 4.90 Å². The van der Waals surface area contributed by atoms with Crippen molar-refractivity contribution in [3.63, 3.8) is 0 Å². The van der Waals surface area contributed by atoms with Crippen molar-refractivity contribution in [3.8, 4) is 0 Å². The van der Waals surface area contributed by atoms with Gasteiger partial charge < -0.3 is 10.6 Å². The predicted molar refractivity (Wildman–Crippen MR) is 44.7 cm³/mol. The van der Waals surface area contributed by atoms with E-state index in [0.29, 0.717) is 0 Å². The maximum atomic E-state index is 12.6. The normalized spacial score (nSPS) is 22.9. The molecule has 0 aliphatic carbocycles. The zero-order valence-corrected chi connectivity index (χ0v) is 7.93. The summed E-state index contributed by atoms with van der Waals surface area (Å²) in [6.07, 6.45) is -3.68. The minimum Gasteiger partial charge on any atom is -0.336 e. The average Bonchev–Trinajstić information content (AvgIpc) is 2.46. The molecule has 15 heavy (non-hydrogen) atoms. The SMILES string of the molecule is NCC1CC(=O)N(CC(F)(F)C(F)F)C1. The number of halogens is 4. The van der Waals surface area contributed by atoms with E-state index in [4.69, 9.17) is 5.73 Å². The lowest BCUT2D eigenvalue weighted by molar-refractivity contribution is -0.153. The quantitative estimate of drug-likeness (QED) is 0.720. The lowest BCUT2D eigenvalue weighted by Crippen LogP contribution is -2.42. The van der Waals surface area contributed by atoms with E-state index < -0.39 is 24.8 Å². The van der Waals surface area contributed by atoms with Gasteiger partial charge in [-0.05, 0) is 12.5 Å². The van der Waals surface area contributed by atoms with E-state index in [1.54, 1.807) is 0 Å². The number of nitrogens with zero attached hydrogens (tertiary/aromatic N) is 1. The first-order valence-corrected chi connectivity index (χ1v) is 4.50.